The average molecular weight is 340 g/mol. The van der Waals surface area contributed by atoms with E-state index in [0.717, 1.165) is 31.0 Å². The number of fused-ring (bicyclic) bond motifs is 3. The normalized spacial score (nSPS) is 12.4. The van der Waals surface area contributed by atoms with Crippen LogP contribution in [0.2, 0.25) is 0 Å². The zero-order chi connectivity index (χ0) is 17.8. The summed E-state index contributed by atoms with van der Waals surface area (Å²) in [6.45, 7) is 3.26. The molecule has 0 spiro atoms. The molecule has 0 radical (unpaired) electrons. The third kappa shape index (κ3) is 4.53. The van der Waals surface area contributed by atoms with Crippen LogP contribution in [0, 0.1) is 0 Å². The highest BCUT2D eigenvalue weighted by Crippen LogP contribution is 2.40. The molecule has 3 rings (SSSR count). The molecule has 134 valence electrons. The minimum atomic E-state index is 0.706. The van der Waals surface area contributed by atoms with Gasteiger partial charge in [0, 0.05) is 13.1 Å². The molecule has 1 aliphatic carbocycles. The predicted octanol–water partition coefficient (Wildman–Crippen LogP) is 3.14. The molecular weight excluding hydrogens is 312 g/mol. The van der Waals surface area contributed by atoms with E-state index in [9.17, 15) is 0 Å². The molecule has 0 saturated heterocycles. The van der Waals surface area contributed by atoms with E-state index in [1.165, 1.54) is 22.3 Å². The van der Waals surface area contributed by atoms with Crippen LogP contribution in [0.15, 0.2) is 36.4 Å². The van der Waals surface area contributed by atoms with Crippen molar-refractivity contribution >= 4 is 0 Å². The minimum Gasteiger partial charge on any atom is -0.492 e. The van der Waals surface area contributed by atoms with E-state index in [-0.39, 0.29) is 0 Å². The molecule has 0 aliphatic heterocycles. The largest absolute Gasteiger partial charge is 0.492 e. The maximum absolute atomic E-state index is 5.89. The molecule has 4 nitrogen and oxygen atoms in total. The first kappa shape index (κ1) is 17.8. The summed E-state index contributed by atoms with van der Waals surface area (Å²) in [5, 5.41) is 0. The van der Waals surface area contributed by atoms with Crippen molar-refractivity contribution in [1.82, 2.24) is 9.80 Å². The number of rotatable bonds is 8. The van der Waals surface area contributed by atoms with Gasteiger partial charge < -0.3 is 19.3 Å². The monoisotopic (exact) mass is 340 g/mol. The van der Waals surface area contributed by atoms with Crippen molar-refractivity contribution in [3.63, 3.8) is 0 Å². The minimum absolute atomic E-state index is 0.706. The summed E-state index contributed by atoms with van der Waals surface area (Å²) in [6, 6.07) is 12.9. The average Bonchev–Trinajstić information content (AvgIpc) is 2.91. The predicted molar refractivity (Wildman–Crippen MR) is 103 cm³/mol. The van der Waals surface area contributed by atoms with Crippen LogP contribution in [-0.2, 0) is 6.42 Å². The van der Waals surface area contributed by atoms with E-state index in [1.54, 1.807) is 0 Å². The number of hydrogen-bond donors (Lipinski definition) is 0. The summed E-state index contributed by atoms with van der Waals surface area (Å²) in [5.41, 5.74) is 5.29. The van der Waals surface area contributed by atoms with E-state index >= 15 is 0 Å². The number of nitrogens with zero attached hydrogens (tertiary/aromatic N) is 2. The molecule has 1 aliphatic rings. The first-order chi connectivity index (χ1) is 12.0. The molecule has 0 unspecified atom stereocenters. The van der Waals surface area contributed by atoms with Crippen molar-refractivity contribution in [3.8, 4) is 22.6 Å². The fraction of sp³-hybridized carbons (Fsp3) is 0.429. The Balaban J connectivity index is 1.69. The van der Waals surface area contributed by atoms with Gasteiger partial charge in [-0.25, -0.2) is 0 Å². The van der Waals surface area contributed by atoms with Crippen molar-refractivity contribution in [1.29, 1.82) is 0 Å². The van der Waals surface area contributed by atoms with Gasteiger partial charge in [0.25, 0.3) is 0 Å². The maximum atomic E-state index is 5.89. The Kier molecular flexibility index (Phi) is 5.61. The lowest BCUT2D eigenvalue weighted by Crippen LogP contribution is -2.19. The van der Waals surface area contributed by atoms with Gasteiger partial charge in [0.2, 0.25) is 0 Å². The molecule has 0 amide bonds. The van der Waals surface area contributed by atoms with Crippen LogP contribution in [0.3, 0.4) is 0 Å². The summed E-state index contributed by atoms with van der Waals surface area (Å²) in [4.78, 5) is 4.25. The Labute approximate surface area is 151 Å². The van der Waals surface area contributed by atoms with Gasteiger partial charge in [-0.1, -0.05) is 12.1 Å². The van der Waals surface area contributed by atoms with Crippen molar-refractivity contribution in [3.05, 3.63) is 47.5 Å². The molecule has 0 N–H and O–H groups in total. The van der Waals surface area contributed by atoms with Gasteiger partial charge >= 0.3 is 0 Å². The van der Waals surface area contributed by atoms with E-state index in [4.69, 9.17) is 9.47 Å². The summed E-state index contributed by atoms with van der Waals surface area (Å²) >= 11 is 0. The van der Waals surface area contributed by atoms with Crippen LogP contribution in [0.5, 0.6) is 11.5 Å². The Morgan fingerprint density at radius 1 is 0.720 bits per heavy atom. The van der Waals surface area contributed by atoms with Crippen LogP contribution in [-0.4, -0.2) is 64.3 Å². The van der Waals surface area contributed by atoms with Crippen LogP contribution < -0.4 is 9.47 Å². The molecule has 25 heavy (non-hydrogen) atoms. The summed E-state index contributed by atoms with van der Waals surface area (Å²) < 4.78 is 11.8. The second-order valence-electron chi connectivity index (χ2n) is 7.12. The van der Waals surface area contributed by atoms with Gasteiger partial charge in [0.05, 0.1) is 0 Å². The summed E-state index contributed by atoms with van der Waals surface area (Å²) in [6.07, 6.45) is 0.966. The van der Waals surface area contributed by atoms with Crippen molar-refractivity contribution in [2.24, 2.45) is 0 Å². The Bertz CT molecular complexity index is 726. The molecule has 0 atom stereocenters. The number of ether oxygens (including phenoxy) is 2. The molecule has 0 fully saturated rings. The van der Waals surface area contributed by atoms with Gasteiger partial charge in [-0.2, -0.15) is 0 Å². The maximum Gasteiger partial charge on any atom is 0.120 e. The fourth-order valence-corrected chi connectivity index (χ4v) is 3.02. The highest BCUT2D eigenvalue weighted by Gasteiger charge is 2.19. The first-order valence-corrected chi connectivity index (χ1v) is 8.84. The van der Waals surface area contributed by atoms with E-state index in [0.29, 0.717) is 13.2 Å². The third-order valence-corrected chi connectivity index (χ3v) is 4.44. The number of hydrogen-bond acceptors (Lipinski definition) is 4. The van der Waals surface area contributed by atoms with Gasteiger partial charge in [-0.15, -0.1) is 0 Å². The third-order valence-electron chi connectivity index (χ3n) is 4.44. The molecule has 2 aromatic carbocycles. The van der Waals surface area contributed by atoms with Gasteiger partial charge in [0.15, 0.2) is 0 Å². The van der Waals surface area contributed by atoms with E-state index < -0.39 is 0 Å². The Morgan fingerprint density at radius 3 is 1.96 bits per heavy atom. The molecular formula is C21H28N2O2. The topological polar surface area (TPSA) is 24.9 Å². The SMILES string of the molecule is CN(C)CCOc1ccc2c(c1)Cc1ccc(OCCN(C)C)cc1-2. The van der Waals surface area contributed by atoms with Gasteiger partial charge in [-0.3, -0.25) is 0 Å². The Hall–Kier alpha value is -2.04. The quantitative estimate of drug-likeness (QED) is 0.629. The van der Waals surface area contributed by atoms with Crippen molar-refractivity contribution in [2.45, 2.75) is 6.42 Å². The lowest BCUT2D eigenvalue weighted by atomic mass is 10.1. The second-order valence-corrected chi connectivity index (χ2v) is 7.12. The molecule has 2 aromatic rings. The van der Waals surface area contributed by atoms with Crippen LogP contribution in [0.4, 0.5) is 0 Å². The second kappa shape index (κ2) is 7.89. The van der Waals surface area contributed by atoms with Crippen molar-refractivity contribution in [2.75, 3.05) is 54.5 Å². The lowest BCUT2D eigenvalue weighted by molar-refractivity contribution is 0.261. The summed E-state index contributed by atoms with van der Waals surface area (Å²) in [5.74, 6) is 1.90. The zero-order valence-electron chi connectivity index (χ0n) is 15.7. The lowest BCUT2D eigenvalue weighted by Gasteiger charge is -2.12. The standard InChI is InChI=1S/C21H28N2O2/c1-22(2)9-11-24-18-7-8-20-17(14-18)13-16-5-6-19(15-21(16)20)25-12-10-23(3)4/h5-8,14-15H,9-13H2,1-4H3. The number of likely N-dealkylation sites (N-methyl/N-ethyl adjacent to an activating group) is 2. The van der Waals surface area contributed by atoms with Crippen LogP contribution >= 0.6 is 0 Å². The highest BCUT2D eigenvalue weighted by molar-refractivity contribution is 5.78. The molecule has 0 heterocycles. The summed E-state index contributed by atoms with van der Waals surface area (Å²) in [7, 11) is 8.22. The van der Waals surface area contributed by atoms with Gasteiger partial charge in [0.1, 0.15) is 24.7 Å². The van der Waals surface area contributed by atoms with Crippen molar-refractivity contribution < 1.29 is 9.47 Å². The van der Waals surface area contributed by atoms with Gasteiger partial charge in [-0.05, 0) is 81.1 Å². The Morgan fingerprint density at radius 2 is 1.32 bits per heavy atom. The molecule has 0 aromatic heterocycles. The van der Waals surface area contributed by atoms with E-state index in [2.05, 4.69) is 74.4 Å². The smallest absolute Gasteiger partial charge is 0.120 e. The molecule has 0 bridgehead atoms. The number of benzene rings is 2. The first-order valence-electron chi connectivity index (χ1n) is 8.84. The highest BCUT2D eigenvalue weighted by atomic mass is 16.5. The van der Waals surface area contributed by atoms with Crippen LogP contribution in [0.1, 0.15) is 11.1 Å². The van der Waals surface area contributed by atoms with Crippen LogP contribution in [0.25, 0.3) is 11.1 Å². The van der Waals surface area contributed by atoms with E-state index in [1.807, 2.05) is 0 Å². The zero-order valence-corrected chi connectivity index (χ0v) is 15.7. The molecule has 0 saturated carbocycles. The fourth-order valence-electron chi connectivity index (χ4n) is 3.02. The molecule has 4 heteroatoms.